The average molecular weight is 477 g/mol. The number of hydrogen-bond acceptors (Lipinski definition) is 13. The minimum atomic E-state index is 0.214. The molecule has 35 heavy (non-hydrogen) atoms. The molecule has 5 rings (SSSR count). The summed E-state index contributed by atoms with van der Waals surface area (Å²) >= 11 is 0. The highest BCUT2D eigenvalue weighted by Gasteiger charge is 2.25. The smallest absolute Gasteiger partial charge is 0.252 e. The van der Waals surface area contributed by atoms with Gasteiger partial charge in [0.1, 0.15) is 11.6 Å². The number of nitriles is 1. The monoisotopic (exact) mass is 476 g/mol. The van der Waals surface area contributed by atoms with Crippen LogP contribution in [-0.4, -0.2) is 89.4 Å². The number of morpholine rings is 2. The standard InChI is InChI=1S/C21H24N12O2/c1-23-17-16(29-30-18-15(13-22)14-26-33(18)20-24-3-2-4-25-20)19(31-5-9-34-10-6-31)28-21(27-17)32-7-11-35-12-8-32/h2-4,14H,5-12H2,1H3,(H,23,27,28)/b30-29+. The summed E-state index contributed by atoms with van der Waals surface area (Å²) in [7, 11) is 1.77. The number of rotatable bonds is 6. The van der Waals surface area contributed by atoms with Gasteiger partial charge in [0, 0.05) is 45.6 Å². The zero-order valence-electron chi connectivity index (χ0n) is 19.2. The van der Waals surface area contributed by atoms with Crippen molar-refractivity contribution in [3.05, 3.63) is 30.2 Å². The van der Waals surface area contributed by atoms with Gasteiger partial charge < -0.3 is 24.6 Å². The fourth-order valence-electron chi connectivity index (χ4n) is 3.76. The molecule has 180 valence electrons. The summed E-state index contributed by atoms with van der Waals surface area (Å²) in [5.41, 5.74) is 0.697. The van der Waals surface area contributed by atoms with Crippen LogP contribution in [0.25, 0.3) is 5.95 Å². The van der Waals surface area contributed by atoms with Crippen LogP contribution in [0.5, 0.6) is 0 Å². The highest BCUT2D eigenvalue weighted by atomic mass is 16.5. The third-order valence-electron chi connectivity index (χ3n) is 5.55. The zero-order chi connectivity index (χ0) is 24.0. The minimum absolute atomic E-state index is 0.214. The lowest BCUT2D eigenvalue weighted by Gasteiger charge is -2.31. The molecule has 3 aromatic heterocycles. The van der Waals surface area contributed by atoms with Crippen LogP contribution in [0, 0.1) is 11.3 Å². The third-order valence-corrected chi connectivity index (χ3v) is 5.55. The Labute approximate surface area is 201 Å². The van der Waals surface area contributed by atoms with E-state index >= 15 is 0 Å². The average Bonchev–Trinajstić information content (AvgIpc) is 3.35. The van der Waals surface area contributed by atoms with Crippen molar-refractivity contribution in [3.63, 3.8) is 0 Å². The lowest BCUT2D eigenvalue weighted by molar-refractivity contribution is 0.121. The molecule has 0 atom stereocenters. The molecule has 14 heteroatoms. The van der Waals surface area contributed by atoms with Crippen molar-refractivity contribution in [2.75, 3.05) is 74.8 Å². The van der Waals surface area contributed by atoms with Crippen LogP contribution in [-0.2, 0) is 9.47 Å². The van der Waals surface area contributed by atoms with E-state index in [0.29, 0.717) is 75.9 Å². The molecule has 2 aliphatic rings. The van der Waals surface area contributed by atoms with E-state index < -0.39 is 0 Å². The molecule has 0 aliphatic carbocycles. The lowest BCUT2D eigenvalue weighted by atomic mass is 10.3. The number of hydrogen-bond donors (Lipinski definition) is 1. The largest absolute Gasteiger partial charge is 0.378 e. The van der Waals surface area contributed by atoms with E-state index in [0.717, 1.165) is 0 Å². The number of aromatic nitrogens is 6. The maximum absolute atomic E-state index is 9.60. The van der Waals surface area contributed by atoms with Crippen LogP contribution in [0.15, 0.2) is 34.9 Å². The Morgan fingerprint density at radius 1 is 0.943 bits per heavy atom. The number of anilines is 3. The molecule has 0 unspecified atom stereocenters. The van der Waals surface area contributed by atoms with Gasteiger partial charge >= 0.3 is 0 Å². The highest BCUT2D eigenvalue weighted by molar-refractivity contribution is 5.76. The Morgan fingerprint density at radius 3 is 2.29 bits per heavy atom. The maximum Gasteiger partial charge on any atom is 0.252 e. The highest BCUT2D eigenvalue weighted by Crippen LogP contribution is 2.37. The van der Waals surface area contributed by atoms with E-state index in [1.54, 1.807) is 25.5 Å². The molecule has 0 spiro atoms. The number of nitrogens with one attached hydrogen (secondary N) is 1. The van der Waals surface area contributed by atoms with Gasteiger partial charge in [-0.2, -0.15) is 25.0 Å². The van der Waals surface area contributed by atoms with Crippen molar-refractivity contribution in [2.45, 2.75) is 0 Å². The lowest BCUT2D eigenvalue weighted by Crippen LogP contribution is -2.39. The van der Waals surface area contributed by atoms with Crippen molar-refractivity contribution in [3.8, 4) is 12.0 Å². The van der Waals surface area contributed by atoms with Gasteiger partial charge in [-0.3, -0.25) is 0 Å². The first-order chi connectivity index (χ1) is 17.3. The van der Waals surface area contributed by atoms with Crippen molar-refractivity contribution in [1.82, 2.24) is 29.7 Å². The van der Waals surface area contributed by atoms with Crippen LogP contribution < -0.4 is 15.1 Å². The van der Waals surface area contributed by atoms with Crippen molar-refractivity contribution in [1.29, 1.82) is 5.26 Å². The molecule has 0 saturated carbocycles. The molecule has 2 fully saturated rings. The molecular weight excluding hydrogens is 452 g/mol. The Hall–Kier alpha value is -4.22. The summed E-state index contributed by atoms with van der Waals surface area (Å²) < 4.78 is 12.4. The second-order valence-electron chi connectivity index (χ2n) is 7.65. The zero-order valence-corrected chi connectivity index (χ0v) is 19.2. The van der Waals surface area contributed by atoms with Gasteiger partial charge in [-0.25, -0.2) is 9.97 Å². The molecule has 2 aliphatic heterocycles. The molecular formula is C21H24N12O2. The van der Waals surface area contributed by atoms with E-state index in [2.05, 4.69) is 46.5 Å². The molecule has 0 radical (unpaired) electrons. The Balaban J connectivity index is 1.59. The van der Waals surface area contributed by atoms with E-state index in [4.69, 9.17) is 19.4 Å². The summed E-state index contributed by atoms with van der Waals surface area (Å²) in [6, 6.07) is 3.79. The Kier molecular flexibility index (Phi) is 6.68. The fourth-order valence-corrected chi connectivity index (χ4v) is 3.76. The first-order valence-corrected chi connectivity index (χ1v) is 11.2. The third kappa shape index (κ3) is 4.72. The Morgan fingerprint density at radius 2 is 1.63 bits per heavy atom. The second-order valence-corrected chi connectivity index (χ2v) is 7.65. The van der Waals surface area contributed by atoms with Gasteiger partial charge in [0.2, 0.25) is 5.95 Å². The summed E-state index contributed by atoms with van der Waals surface area (Å²) in [4.78, 5) is 22.2. The van der Waals surface area contributed by atoms with Gasteiger partial charge in [0.15, 0.2) is 23.1 Å². The van der Waals surface area contributed by atoms with Crippen LogP contribution in [0.2, 0.25) is 0 Å². The number of nitrogens with zero attached hydrogens (tertiary/aromatic N) is 11. The molecule has 2 saturated heterocycles. The van der Waals surface area contributed by atoms with Crippen molar-refractivity contribution in [2.24, 2.45) is 10.2 Å². The van der Waals surface area contributed by atoms with Gasteiger partial charge in [0.05, 0.1) is 32.6 Å². The topological polar surface area (TPSA) is 155 Å². The SMILES string of the molecule is CNc1nc(N2CCOCC2)nc(N2CCOCC2)c1/N=N/c1c(C#N)cnn1-c1ncccn1. The van der Waals surface area contributed by atoms with Crippen LogP contribution >= 0.6 is 0 Å². The summed E-state index contributed by atoms with van der Waals surface area (Å²) in [6.45, 7) is 5.12. The molecule has 1 N–H and O–H groups in total. The van der Waals surface area contributed by atoms with Crippen LogP contribution in [0.1, 0.15) is 5.56 Å². The predicted molar refractivity (Wildman–Crippen MR) is 126 cm³/mol. The Bertz CT molecular complexity index is 1230. The molecule has 0 amide bonds. The van der Waals surface area contributed by atoms with Crippen LogP contribution in [0.3, 0.4) is 0 Å². The van der Waals surface area contributed by atoms with Crippen molar-refractivity contribution < 1.29 is 9.47 Å². The maximum atomic E-state index is 9.60. The number of azo groups is 1. The predicted octanol–water partition coefficient (Wildman–Crippen LogP) is 1.45. The van der Waals surface area contributed by atoms with E-state index in [-0.39, 0.29) is 17.3 Å². The second kappa shape index (κ2) is 10.4. The van der Waals surface area contributed by atoms with Gasteiger partial charge in [-0.1, -0.05) is 0 Å². The van der Waals surface area contributed by atoms with E-state index in [1.165, 1.54) is 10.9 Å². The first-order valence-electron chi connectivity index (χ1n) is 11.2. The molecule has 3 aromatic rings. The molecule has 14 nitrogen and oxygen atoms in total. The summed E-state index contributed by atoms with van der Waals surface area (Å²) in [5.74, 6) is 2.25. The van der Waals surface area contributed by atoms with Gasteiger partial charge in [-0.15, -0.1) is 10.2 Å². The molecule has 0 aromatic carbocycles. The number of ether oxygens (including phenoxy) is 2. The van der Waals surface area contributed by atoms with Crippen LogP contribution in [0.4, 0.5) is 29.1 Å². The molecule has 5 heterocycles. The minimum Gasteiger partial charge on any atom is -0.378 e. The summed E-state index contributed by atoms with van der Waals surface area (Å²) in [6.07, 6.45) is 4.58. The van der Waals surface area contributed by atoms with Gasteiger partial charge in [-0.05, 0) is 6.07 Å². The summed E-state index contributed by atoms with van der Waals surface area (Å²) in [5, 5.41) is 25.9. The fraction of sp³-hybridized carbons (Fsp3) is 0.429. The van der Waals surface area contributed by atoms with Gasteiger partial charge in [0.25, 0.3) is 5.95 Å². The quantitative estimate of drug-likeness (QED) is 0.514. The molecule has 0 bridgehead atoms. The first kappa shape index (κ1) is 22.6. The van der Waals surface area contributed by atoms with Crippen molar-refractivity contribution >= 4 is 29.1 Å². The van der Waals surface area contributed by atoms with E-state index in [1.807, 2.05) is 0 Å². The normalized spacial score (nSPS) is 16.5. The van der Waals surface area contributed by atoms with E-state index in [9.17, 15) is 5.26 Å².